The molecule has 0 saturated carbocycles. The van der Waals surface area contributed by atoms with Gasteiger partial charge in [0.15, 0.2) is 5.96 Å². The minimum Gasteiger partial charge on any atom is -0.464 e. The fraction of sp³-hybridized carbons (Fsp3) is 0.818. The van der Waals surface area contributed by atoms with Crippen LogP contribution in [0.3, 0.4) is 0 Å². The van der Waals surface area contributed by atoms with Gasteiger partial charge in [-0.2, -0.15) is 0 Å². The largest absolute Gasteiger partial charge is 0.464 e. The van der Waals surface area contributed by atoms with Crippen molar-refractivity contribution in [3.8, 4) is 0 Å². The number of hydrogen-bond donors (Lipinski definition) is 2. The van der Waals surface area contributed by atoms with Crippen molar-refractivity contribution in [2.24, 2.45) is 5.73 Å². The Morgan fingerprint density at radius 2 is 1.94 bits per heavy atom. The zero-order valence-corrected chi connectivity index (χ0v) is 10.3. The van der Waals surface area contributed by atoms with Gasteiger partial charge in [-0.3, -0.25) is 10.2 Å². The number of ether oxygens (including phenoxy) is 1. The SMILES string of the molecule is CCCCCCCOC(=O)CN(C)C(=N)N. The van der Waals surface area contributed by atoms with Crippen LogP contribution in [-0.4, -0.2) is 37.0 Å². The molecule has 0 spiro atoms. The molecule has 0 bridgehead atoms. The van der Waals surface area contributed by atoms with Gasteiger partial charge in [-0.15, -0.1) is 0 Å². The summed E-state index contributed by atoms with van der Waals surface area (Å²) in [6.45, 7) is 2.68. The van der Waals surface area contributed by atoms with E-state index in [-0.39, 0.29) is 18.5 Å². The quantitative estimate of drug-likeness (QED) is 0.285. The summed E-state index contributed by atoms with van der Waals surface area (Å²) in [6.07, 6.45) is 5.66. The minimum atomic E-state index is -0.326. The number of nitrogens with one attached hydrogen (secondary N) is 1. The molecule has 0 rings (SSSR count). The summed E-state index contributed by atoms with van der Waals surface area (Å²) in [5.41, 5.74) is 5.20. The summed E-state index contributed by atoms with van der Waals surface area (Å²) in [4.78, 5) is 12.6. The van der Waals surface area contributed by atoms with Gasteiger partial charge in [0.2, 0.25) is 0 Å². The lowest BCUT2D eigenvalue weighted by molar-refractivity contribution is -0.143. The van der Waals surface area contributed by atoms with Crippen molar-refractivity contribution in [1.29, 1.82) is 5.41 Å². The summed E-state index contributed by atoms with van der Waals surface area (Å²) in [5, 5.41) is 7.08. The van der Waals surface area contributed by atoms with E-state index in [0.29, 0.717) is 6.61 Å². The summed E-state index contributed by atoms with van der Waals surface area (Å²) in [7, 11) is 1.59. The van der Waals surface area contributed by atoms with Crippen molar-refractivity contribution in [3.05, 3.63) is 0 Å². The Morgan fingerprint density at radius 3 is 2.50 bits per heavy atom. The zero-order valence-electron chi connectivity index (χ0n) is 10.3. The van der Waals surface area contributed by atoms with Crippen LogP contribution in [0.1, 0.15) is 39.0 Å². The number of carbonyl (C=O) groups excluding carboxylic acids is 1. The van der Waals surface area contributed by atoms with Gasteiger partial charge in [-0.05, 0) is 6.42 Å². The van der Waals surface area contributed by atoms with E-state index in [1.54, 1.807) is 7.05 Å². The number of esters is 1. The van der Waals surface area contributed by atoms with Crippen LogP contribution in [0, 0.1) is 5.41 Å². The van der Waals surface area contributed by atoms with Crippen molar-refractivity contribution >= 4 is 11.9 Å². The Kier molecular flexibility index (Phi) is 8.29. The van der Waals surface area contributed by atoms with Gasteiger partial charge in [-0.25, -0.2) is 0 Å². The first-order valence-electron chi connectivity index (χ1n) is 5.78. The highest BCUT2D eigenvalue weighted by Crippen LogP contribution is 2.02. The molecule has 0 aliphatic rings. The molecule has 0 heterocycles. The molecular weight excluding hydrogens is 206 g/mol. The van der Waals surface area contributed by atoms with Crippen molar-refractivity contribution < 1.29 is 9.53 Å². The number of likely N-dealkylation sites (N-methyl/N-ethyl adjacent to an activating group) is 1. The van der Waals surface area contributed by atoms with E-state index in [9.17, 15) is 4.79 Å². The molecule has 0 aromatic carbocycles. The van der Waals surface area contributed by atoms with Crippen LogP contribution in [0.15, 0.2) is 0 Å². The lowest BCUT2D eigenvalue weighted by atomic mass is 10.2. The maximum Gasteiger partial charge on any atom is 0.325 e. The summed E-state index contributed by atoms with van der Waals surface area (Å²) in [5.74, 6) is -0.451. The monoisotopic (exact) mass is 229 g/mol. The van der Waals surface area contributed by atoms with Crippen LogP contribution in [0.5, 0.6) is 0 Å². The molecule has 0 unspecified atom stereocenters. The molecule has 0 aromatic heterocycles. The molecule has 0 saturated heterocycles. The molecule has 16 heavy (non-hydrogen) atoms. The Balaban J connectivity index is 3.40. The third kappa shape index (κ3) is 8.08. The average Bonchev–Trinajstić information content (AvgIpc) is 2.23. The number of unbranched alkanes of at least 4 members (excludes halogenated alkanes) is 4. The molecule has 0 aromatic rings. The van der Waals surface area contributed by atoms with Crippen LogP contribution in [-0.2, 0) is 9.53 Å². The number of carbonyl (C=O) groups is 1. The second kappa shape index (κ2) is 9.00. The van der Waals surface area contributed by atoms with E-state index in [1.807, 2.05) is 0 Å². The highest BCUT2D eigenvalue weighted by molar-refractivity contribution is 5.80. The number of nitrogens with zero attached hydrogens (tertiary/aromatic N) is 1. The first-order chi connectivity index (χ1) is 7.57. The number of hydrogen-bond acceptors (Lipinski definition) is 3. The second-order valence-corrected chi connectivity index (χ2v) is 3.88. The Bertz CT molecular complexity index is 219. The second-order valence-electron chi connectivity index (χ2n) is 3.88. The van der Waals surface area contributed by atoms with Crippen molar-refractivity contribution in [2.75, 3.05) is 20.2 Å². The molecule has 3 N–H and O–H groups in total. The van der Waals surface area contributed by atoms with E-state index in [2.05, 4.69) is 6.92 Å². The third-order valence-electron chi connectivity index (χ3n) is 2.29. The van der Waals surface area contributed by atoms with E-state index in [4.69, 9.17) is 15.9 Å². The fourth-order valence-corrected chi connectivity index (χ4v) is 1.22. The molecule has 5 heteroatoms. The normalized spacial score (nSPS) is 9.88. The Labute approximate surface area is 97.4 Å². The van der Waals surface area contributed by atoms with E-state index >= 15 is 0 Å². The minimum absolute atomic E-state index is 0.0459. The van der Waals surface area contributed by atoms with Gasteiger partial charge in [0.05, 0.1) is 6.61 Å². The zero-order chi connectivity index (χ0) is 12.4. The van der Waals surface area contributed by atoms with Gasteiger partial charge >= 0.3 is 5.97 Å². The molecule has 0 fully saturated rings. The highest BCUT2D eigenvalue weighted by atomic mass is 16.5. The number of rotatable bonds is 8. The lowest BCUT2D eigenvalue weighted by Crippen LogP contribution is -2.37. The van der Waals surface area contributed by atoms with E-state index in [0.717, 1.165) is 12.8 Å². The van der Waals surface area contributed by atoms with Gasteiger partial charge in [0.1, 0.15) is 6.54 Å². The molecule has 0 radical (unpaired) electrons. The molecule has 0 amide bonds. The average molecular weight is 229 g/mol. The van der Waals surface area contributed by atoms with Crippen molar-refractivity contribution in [3.63, 3.8) is 0 Å². The fourth-order valence-electron chi connectivity index (χ4n) is 1.22. The Morgan fingerprint density at radius 1 is 1.31 bits per heavy atom. The van der Waals surface area contributed by atoms with E-state index < -0.39 is 0 Å². The predicted octanol–water partition coefficient (Wildman–Crippen LogP) is 1.33. The van der Waals surface area contributed by atoms with Crippen LogP contribution in [0.25, 0.3) is 0 Å². The first kappa shape index (κ1) is 14.7. The number of guanidine groups is 1. The van der Waals surface area contributed by atoms with Gasteiger partial charge in [-0.1, -0.05) is 32.6 Å². The van der Waals surface area contributed by atoms with Crippen molar-refractivity contribution in [1.82, 2.24) is 4.90 Å². The molecule has 5 nitrogen and oxygen atoms in total. The van der Waals surface area contributed by atoms with Crippen LogP contribution in [0.4, 0.5) is 0 Å². The first-order valence-corrected chi connectivity index (χ1v) is 5.78. The Hall–Kier alpha value is -1.26. The standard InChI is InChI=1S/C11H23N3O2/c1-3-4-5-6-7-8-16-10(15)9-14(2)11(12)13/h3-9H2,1-2H3,(H3,12,13). The maximum absolute atomic E-state index is 11.2. The maximum atomic E-state index is 11.2. The third-order valence-corrected chi connectivity index (χ3v) is 2.29. The molecule has 0 aliphatic carbocycles. The lowest BCUT2D eigenvalue weighted by Gasteiger charge is -2.15. The van der Waals surface area contributed by atoms with Crippen LogP contribution in [0.2, 0.25) is 0 Å². The summed E-state index contributed by atoms with van der Waals surface area (Å²) < 4.78 is 5.01. The molecule has 0 aliphatic heterocycles. The molecule has 94 valence electrons. The van der Waals surface area contributed by atoms with E-state index in [1.165, 1.54) is 24.2 Å². The van der Waals surface area contributed by atoms with Crippen LogP contribution < -0.4 is 5.73 Å². The molecule has 0 atom stereocenters. The predicted molar refractivity (Wildman–Crippen MR) is 64.3 cm³/mol. The van der Waals surface area contributed by atoms with Crippen molar-refractivity contribution in [2.45, 2.75) is 39.0 Å². The smallest absolute Gasteiger partial charge is 0.325 e. The highest BCUT2D eigenvalue weighted by Gasteiger charge is 2.07. The van der Waals surface area contributed by atoms with Gasteiger partial charge in [0.25, 0.3) is 0 Å². The number of nitrogens with two attached hydrogens (primary N) is 1. The molecular formula is C11H23N3O2. The van der Waals surface area contributed by atoms with Crippen LogP contribution >= 0.6 is 0 Å². The summed E-state index contributed by atoms with van der Waals surface area (Å²) in [6, 6.07) is 0. The van der Waals surface area contributed by atoms with Gasteiger partial charge in [0, 0.05) is 7.05 Å². The van der Waals surface area contributed by atoms with Gasteiger partial charge < -0.3 is 15.4 Å². The summed E-state index contributed by atoms with van der Waals surface area (Å²) >= 11 is 0. The topological polar surface area (TPSA) is 79.4 Å².